The van der Waals surface area contributed by atoms with Gasteiger partial charge in [0.25, 0.3) is 0 Å². The van der Waals surface area contributed by atoms with Gasteiger partial charge < -0.3 is 25.8 Å². The number of carbonyl (C=O) groups excluding carboxylic acids is 2. The van der Waals surface area contributed by atoms with Gasteiger partial charge in [-0.15, -0.1) is 10.2 Å². The fourth-order valence-electron chi connectivity index (χ4n) is 3.13. The number of ether oxygens (including phenoxy) is 2. The van der Waals surface area contributed by atoms with Crippen molar-refractivity contribution in [3.63, 3.8) is 0 Å². The molecule has 0 unspecified atom stereocenters. The number of benzene rings is 1. The Hall–Kier alpha value is -3.50. The number of nitrogens with zero attached hydrogens (tertiary/aromatic N) is 3. The Balaban J connectivity index is 0.00000408. The van der Waals surface area contributed by atoms with Crippen molar-refractivity contribution in [1.29, 1.82) is 0 Å². The Morgan fingerprint density at radius 1 is 1.12 bits per heavy atom. The van der Waals surface area contributed by atoms with Gasteiger partial charge in [0.15, 0.2) is 11.5 Å². The number of carbonyl (C=O) groups is 2. The van der Waals surface area contributed by atoms with Gasteiger partial charge in [0.1, 0.15) is 6.04 Å². The zero-order chi connectivity index (χ0) is 23.8. The Labute approximate surface area is 199 Å². The zero-order valence-corrected chi connectivity index (χ0v) is 19.1. The first-order valence-corrected chi connectivity index (χ1v) is 10.7. The second-order valence-electron chi connectivity index (χ2n) is 8.09. The third-order valence-electron chi connectivity index (χ3n) is 4.82. The van der Waals surface area contributed by atoms with Crippen LogP contribution in [0.2, 0.25) is 0 Å². The van der Waals surface area contributed by atoms with Gasteiger partial charge in [-0.05, 0) is 38.5 Å². The second kappa shape index (κ2) is 12.1. The van der Waals surface area contributed by atoms with Crippen molar-refractivity contribution in [3.8, 4) is 0 Å². The van der Waals surface area contributed by atoms with Gasteiger partial charge in [-0.1, -0.05) is 43.8 Å². The average Bonchev–Trinajstić information content (AvgIpc) is 3.22. The second-order valence-corrected chi connectivity index (χ2v) is 8.09. The van der Waals surface area contributed by atoms with E-state index in [4.69, 9.17) is 15.2 Å². The molecule has 3 rings (SSSR count). The lowest BCUT2D eigenvalue weighted by atomic mass is 10.1. The van der Waals surface area contributed by atoms with E-state index in [-0.39, 0.29) is 33.1 Å². The highest BCUT2D eigenvalue weighted by molar-refractivity contribution is 5.85. The van der Waals surface area contributed by atoms with E-state index in [1.165, 1.54) is 0 Å². The van der Waals surface area contributed by atoms with Crippen molar-refractivity contribution in [1.82, 2.24) is 25.2 Å². The molecule has 0 fully saturated rings. The van der Waals surface area contributed by atoms with Crippen molar-refractivity contribution in [2.45, 2.75) is 52.9 Å². The van der Waals surface area contributed by atoms with Gasteiger partial charge in [-0.25, -0.2) is 4.79 Å². The number of aromatic nitrogens is 3. The highest BCUT2D eigenvalue weighted by Gasteiger charge is 2.28. The molecule has 0 saturated carbocycles. The van der Waals surface area contributed by atoms with Crippen LogP contribution in [-0.2, 0) is 27.4 Å². The molecule has 0 saturated heterocycles. The van der Waals surface area contributed by atoms with Crippen LogP contribution in [0.25, 0.3) is 5.65 Å². The Morgan fingerprint density at radius 2 is 1.85 bits per heavy atom. The van der Waals surface area contributed by atoms with Crippen molar-refractivity contribution < 1.29 is 19.1 Å². The number of rotatable bonds is 10. The first-order chi connectivity index (χ1) is 15.8. The van der Waals surface area contributed by atoms with Crippen molar-refractivity contribution in [2.24, 2.45) is 5.73 Å². The Morgan fingerprint density at radius 3 is 2.53 bits per heavy atom. The van der Waals surface area contributed by atoms with Crippen LogP contribution in [0.3, 0.4) is 0 Å². The number of nitrogens with one attached hydrogen (secondary N) is 2. The van der Waals surface area contributed by atoms with Crippen LogP contribution in [0.1, 0.15) is 51.3 Å². The Bertz CT molecular complexity index is 1080. The molecule has 0 bridgehead atoms. The van der Waals surface area contributed by atoms with Crippen molar-refractivity contribution >= 4 is 17.6 Å². The summed E-state index contributed by atoms with van der Waals surface area (Å²) >= 11 is 0. The molecule has 4 N–H and O–H groups in total. The summed E-state index contributed by atoms with van der Waals surface area (Å²) in [5, 5.41) is 14.2. The van der Waals surface area contributed by atoms with Crippen LogP contribution in [-0.4, -0.2) is 45.4 Å². The smallest absolute Gasteiger partial charge is 0.407 e. The Kier molecular flexibility index (Phi) is 9.52. The highest BCUT2D eigenvalue weighted by atomic mass is 16.5. The largest absolute Gasteiger partial charge is 0.450 e. The summed E-state index contributed by atoms with van der Waals surface area (Å²) in [6.07, 6.45) is -0.523. The molecule has 10 heteroatoms. The molecule has 0 spiro atoms. The first kappa shape index (κ1) is 26.7. The van der Waals surface area contributed by atoms with Crippen LogP contribution in [0.5, 0.6) is 0 Å². The lowest BCUT2D eigenvalue weighted by Gasteiger charge is -2.24. The molecule has 184 valence electrons. The van der Waals surface area contributed by atoms with Gasteiger partial charge in [-0.3, -0.25) is 9.20 Å². The van der Waals surface area contributed by atoms with Crippen LogP contribution < -0.4 is 16.4 Å². The third-order valence-corrected chi connectivity index (χ3v) is 4.82. The number of fused-ring (bicyclic) bond motifs is 1. The quantitative estimate of drug-likeness (QED) is 0.415. The van der Waals surface area contributed by atoms with E-state index in [9.17, 15) is 9.59 Å². The molecule has 2 aromatic heterocycles. The summed E-state index contributed by atoms with van der Waals surface area (Å²) in [7, 11) is 0. The first-order valence-electron chi connectivity index (χ1n) is 10.7. The minimum Gasteiger partial charge on any atom is -0.450 e. The van der Waals surface area contributed by atoms with Crippen molar-refractivity contribution in [2.75, 3.05) is 13.2 Å². The lowest BCUT2D eigenvalue weighted by Crippen LogP contribution is -2.51. The van der Waals surface area contributed by atoms with E-state index in [1.54, 1.807) is 31.2 Å². The van der Waals surface area contributed by atoms with Crippen LogP contribution in [0, 0.1) is 0 Å². The van der Waals surface area contributed by atoms with Gasteiger partial charge in [0.2, 0.25) is 5.91 Å². The molecule has 10 nitrogen and oxygen atoms in total. The number of nitrogens with two attached hydrogens (primary N) is 1. The molecule has 0 aliphatic rings. The maximum atomic E-state index is 12.7. The molecular formula is C24H34N6O4. The average molecular weight is 471 g/mol. The number of pyridine rings is 1. The molecule has 1 atom stereocenters. The predicted octanol–water partition coefficient (Wildman–Crippen LogP) is 2.72. The minimum atomic E-state index is -1.09. The van der Waals surface area contributed by atoms with E-state index < -0.39 is 17.7 Å². The van der Waals surface area contributed by atoms with E-state index in [1.807, 2.05) is 42.5 Å². The number of amides is 2. The monoisotopic (exact) mass is 470 g/mol. The van der Waals surface area contributed by atoms with Crippen LogP contribution in [0.4, 0.5) is 4.79 Å². The van der Waals surface area contributed by atoms with Gasteiger partial charge in [0, 0.05) is 5.69 Å². The lowest BCUT2D eigenvalue weighted by molar-refractivity contribution is -0.126. The van der Waals surface area contributed by atoms with Gasteiger partial charge in [0.05, 0.1) is 31.9 Å². The molecule has 0 aliphatic carbocycles. The molecule has 3 aromatic rings. The summed E-state index contributed by atoms with van der Waals surface area (Å²) in [5.74, 6) is 0.117. The van der Waals surface area contributed by atoms with Crippen molar-refractivity contribution in [3.05, 3.63) is 65.6 Å². The van der Waals surface area contributed by atoms with E-state index in [0.717, 1.165) is 11.3 Å². The van der Waals surface area contributed by atoms with Gasteiger partial charge >= 0.3 is 6.09 Å². The van der Waals surface area contributed by atoms with E-state index in [2.05, 4.69) is 20.8 Å². The standard InChI is InChI=1S/C23H30N6O4.CH4/c1-4-33-22(31)25-13-17-11-8-12-19-27-28-20(29(17)19)18(26-21(30)23(2,3)24)15-32-14-16-9-6-5-7-10-16;/h5-12,18H,4,13-15,24H2,1-3H3,(H,25,31)(H,26,30);1H4/t18-;/m1./s1. The number of hydrogen-bond donors (Lipinski definition) is 3. The molecule has 0 aliphatic heterocycles. The molecular weight excluding hydrogens is 436 g/mol. The summed E-state index contributed by atoms with van der Waals surface area (Å²) in [6.45, 7) is 5.97. The molecule has 0 radical (unpaired) electrons. The summed E-state index contributed by atoms with van der Waals surface area (Å²) < 4.78 is 12.6. The summed E-state index contributed by atoms with van der Waals surface area (Å²) in [5.41, 5.74) is 7.20. The predicted molar refractivity (Wildman–Crippen MR) is 129 cm³/mol. The highest BCUT2D eigenvalue weighted by Crippen LogP contribution is 2.18. The van der Waals surface area contributed by atoms with Crippen LogP contribution >= 0.6 is 0 Å². The summed E-state index contributed by atoms with van der Waals surface area (Å²) in [4.78, 5) is 24.5. The zero-order valence-electron chi connectivity index (χ0n) is 19.1. The SMILES string of the molecule is C.CCOC(=O)NCc1cccc2nnc([C@@H](COCc3ccccc3)NC(=O)C(C)(C)N)n12. The number of alkyl carbamates (subject to hydrolysis) is 1. The molecule has 34 heavy (non-hydrogen) atoms. The van der Waals surface area contributed by atoms with Crippen LogP contribution in [0.15, 0.2) is 48.5 Å². The third kappa shape index (κ3) is 7.00. The maximum Gasteiger partial charge on any atom is 0.407 e. The fourth-order valence-corrected chi connectivity index (χ4v) is 3.13. The topological polar surface area (TPSA) is 133 Å². The minimum absolute atomic E-state index is 0. The molecule has 1 aromatic carbocycles. The fraction of sp³-hybridized carbons (Fsp3) is 0.417. The van der Waals surface area contributed by atoms with E-state index in [0.29, 0.717) is 18.1 Å². The molecule has 2 heterocycles. The van der Waals surface area contributed by atoms with Gasteiger partial charge in [-0.2, -0.15) is 0 Å². The normalized spacial score (nSPS) is 12.0. The maximum absolute atomic E-state index is 12.7. The molecule has 2 amide bonds. The number of hydrogen-bond acceptors (Lipinski definition) is 7. The summed E-state index contributed by atoms with van der Waals surface area (Å²) in [6, 6.07) is 14.5. The van der Waals surface area contributed by atoms with E-state index >= 15 is 0 Å².